The van der Waals surface area contributed by atoms with Crippen molar-refractivity contribution in [3.63, 3.8) is 0 Å². The fourth-order valence-electron chi connectivity index (χ4n) is 6.24. The third-order valence-corrected chi connectivity index (χ3v) is 10.8. The molecule has 4 aliphatic heterocycles. The molecule has 12 heteroatoms. The van der Waals surface area contributed by atoms with Gasteiger partial charge in [0.05, 0.1) is 5.75 Å². The third-order valence-electron chi connectivity index (χ3n) is 8.45. The number of allylic oxidation sites excluding steroid dienone is 1. The number of nitrogens with zero attached hydrogens (tertiary/aromatic N) is 2. The van der Waals surface area contributed by atoms with Gasteiger partial charge in [-0.2, -0.15) is 0 Å². The summed E-state index contributed by atoms with van der Waals surface area (Å²) in [6, 6.07) is 17.4. The van der Waals surface area contributed by atoms with E-state index in [1.807, 2.05) is 42.3 Å². The first kappa shape index (κ1) is 30.4. The number of hydrogen-bond donors (Lipinski definition) is 4. The van der Waals surface area contributed by atoms with Crippen molar-refractivity contribution in [3.05, 3.63) is 88.6 Å². The minimum absolute atomic E-state index is 0.0507. The van der Waals surface area contributed by atoms with E-state index in [9.17, 15) is 24.3 Å². The van der Waals surface area contributed by atoms with E-state index in [4.69, 9.17) is 0 Å². The van der Waals surface area contributed by atoms with Gasteiger partial charge in [-0.1, -0.05) is 42.5 Å². The molecule has 0 saturated carbocycles. The van der Waals surface area contributed by atoms with Crippen molar-refractivity contribution in [2.75, 3.05) is 31.6 Å². The molecule has 2 aromatic carbocycles. The van der Waals surface area contributed by atoms with Gasteiger partial charge in [0.1, 0.15) is 17.1 Å². The fourth-order valence-corrected chi connectivity index (χ4v) is 8.28. The third kappa shape index (κ3) is 6.16. The zero-order valence-electron chi connectivity index (χ0n) is 24.3. The van der Waals surface area contributed by atoms with Crippen LogP contribution in [0.3, 0.4) is 0 Å². The molecule has 4 aliphatic rings. The Labute approximate surface area is 264 Å². The van der Waals surface area contributed by atoms with Crippen LogP contribution in [-0.2, 0) is 25.7 Å². The van der Waals surface area contributed by atoms with Crippen LogP contribution in [0, 0.1) is 0 Å². The number of carbonyl (C=O) groups is 4. The van der Waals surface area contributed by atoms with Gasteiger partial charge in [0.15, 0.2) is 0 Å². The van der Waals surface area contributed by atoms with Crippen molar-refractivity contribution in [1.82, 2.24) is 25.8 Å². The number of fused-ring (bicyclic) bond motifs is 1. The number of carbonyl (C=O) groups excluding carboxylic acids is 3. The number of likely N-dealkylation sites (tertiary alicyclic amines) is 1. The Kier molecular flexibility index (Phi) is 9.13. The zero-order chi connectivity index (χ0) is 30.8. The van der Waals surface area contributed by atoms with Crippen molar-refractivity contribution in [2.45, 2.75) is 47.8 Å². The summed E-state index contributed by atoms with van der Waals surface area (Å²) in [6.45, 7) is 2.09. The number of nitrogens with one attached hydrogen (secondary N) is 3. The maximum atomic E-state index is 13.5. The largest absolute Gasteiger partial charge is 0.477 e. The molecule has 4 heterocycles. The van der Waals surface area contributed by atoms with Gasteiger partial charge in [0, 0.05) is 47.9 Å². The quantitative estimate of drug-likeness (QED) is 0.177. The molecule has 2 aromatic rings. The molecule has 10 nitrogen and oxygen atoms in total. The molecule has 4 atom stereocenters. The molecule has 0 aromatic heterocycles. The molecule has 230 valence electrons. The first-order valence-corrected chi connectivity index (χ1v) is 16.7. The lowest BCUT2D eigenvalue weighted by Gasteiger charge is -2.49. The highest BCUT2D eigenvalue weighted by molar-refractivity contribution is 8.00. The summed E-state index contributed by atoms with van der Waals surface area (Å²) in [6.07, 6.45) is 3.00. The summed E-state index contributed by atoms with van der Waals surface area (Å²) < 4.78 is 0. The van der Waals surface area contributed by atoms with Crippen LogP contribution >= 0.6 is 23.5 Å². The second-order valence-corrected chi connectivity index (χ2v) is 13.4. The number of carboxylic acid groups (broad SMARTS) is 1. The predicted molar refractivity (Wildman–Crippen MR) is 170 cm³/mol. The molecule has 3 saturated heterocycles. The van der Waals surface area contributed by atoms with Gasteiger partial charge >= 0.3 is 5.97 Å². The average Bonchev–Trinajstić information content (AvgIpc) is 3.66. The molecule has 0 spiro atoms. The monoisotopic (exact) mass is 633 g/mol. The summed E-state index contributed by atoms with van der Waals surface area (Å²) in [4.78, 5) is 55.6. The minimum atomic E-state index is -1.22. The number of aliphatic carboxylic acids is 1. The fraction of sp³-hybridized carbons (Fsp3) is 0.375. The first-order valence-electron chi connectivity index (χ1n) is 14.7. The van der Waals surface area contributed by atoms with Gasteiger partial charge in [0.2, 0.25) is 11.8 Å². The van der Waals surface area contributed by atoms with Crippen molar-refractivity contribution >= 4 is 47.2 Å². The van der Waals surface area contributed by atoms with Crippen LogP contribution in [0.25, 0.3) is 0 Å². The molecule has 0 aliphatic carbocycles. The number of benzene rings is 2. The van der Waals surface area contributed by atoms with Crippen LogP contribution in [-0.4, -0.2) is 87.7 Å². The molecule has 3 amide bonds. The van der Waals surface area contributed by atoms with E-state index < -0.39 is 23.3 Å². The Morgan fingerprint density at radius 1 is 1.14 bits per heavy atom. The summed E-state index contributed by atoms with van der Waals surface area (Å²) >= 11 is 2.77. The number of amides is 3. The van der Waals surface area contributed by atoms with Crippen LogP contribution in [0.5, 0.6) is 0 Å². The van der Waals surface area contributed by atoms with Crippen LogP contribution in [0.2, 0.25) is 0 Å². The molecule has 4 N–H and O–H groups in total. The van der Waals surface area contributed by atoms with Crippen molar-refractivity contribution < 1.29 is 24.3 Å². The smallest absolute Gasteiger partial charge is 0.352 e. The standard InChI is InChI=1S/C32H35N5O5S2/c1-33-15-19-7-9-20(10-8-19)25-14-23(16-34-25)36-12-11-21(29(36)39)13-22-17-44-31-27(30(40)37(31)28(22)32(41)42)35-26(38)18-43-24-5-3-2-4-6-24/h2-10,13,23,25,27,31,33-34H,11-12,14-18H2,1H3,(H,35,38)(H,41,42)/b21-13+/t23?,25-,27-,31?/m1/s1. The molecule has 2 unspecified atom stereocenters. The van der Waals surface area contributed by atoms with Crippen LogP contribution in [0.4, 0.5) is 0 Å². The molecular formula is C32H35N5O5S2. The second-order valence-electron chi connectivity index (χ2n) is 11.3. The summed E-state index contributed by atoms with van der Waals surface area (Å²) in [5, 5.41) is 19.1. The molecule has 0 bridgehead atoms. The summed E-state index contributed by atoms with van der Waals surface area (Å²) in [7, 11) is 1.92. The highest BCUT2D eigenvalue weighted by Crippen LogP contribution is 2.41. The van der Waals surface area contributed by atoms with Crippen molar-refractivity contribution in [3.8, 4) is 0 Å². The highest BCUT2D eigenvalue weighted by atomic mass is 32.2. The second kappa shape index (κ2) is 13.2. The van der Waals surface area contributed by atoms with Gasteiger partial charge in [-0.15, -0.1) is 23.5 Å². The first-order chi connectivity index (χ1) is 21.3. The minimum Gasteiger partial charge on any atom is -0.477 e. The SMILES string of the molecule is CNCc1ccc([C@H]2CC(N3CC/C(=C\C4=C(C(=O)O)N5C(=O)[C@@H](NC(=O)CSc6ccccc6)C5SC4)C3=O)CN2)cc1. The molecule has 44 heavy (non-hydrogen) atoms. The summed E-state index contributed by atoms with van der Waals surface area (Å²) in [5.74, 6) is -1.54. The van der Waals surface area contributed by atoms with E-state index in [1.165, 1.54) is 39.6 Å². The zero-order valence-corrected chi connectivity index (χ0v) is 26.0. The Balaban J connectivity index is 1.09. The maximum Gasteiger partial charge on any atom is 0.352 e. The van der Waals surface area contributed by atoms with Crippen LogP contribution in [0.1, 0.15) is 30.0 Å². The lowest BCUT2D eigenvalue weighted by Crippen LogP contribution is -2.70. The molecule has 3 fully saturated rings. The number of carboxylic acids is 1. The number of hydrogen-bond acceptors (Lipinski definition) is 8. The van der Waals surface area contributed by atoms with Crippen LogP contribution in [0.15, 0.2) is 82.4 Å². The highest BCUT2D eigenvalue weighted by Gasteiger charge is 2.54. The van der Waals surface area contributed by atoms with E-state index in [-0.39, 0.29) is 35.3 Å². The van der Waals surface area contributed by atoms with Gasteiger partial charge in [-0.25, -0.2) is 4.79 Å². The van der Waals surface area contributed by atoms with Gasteiger partial charge in [0.25, 0.3) is 5.91 Å². The van der Waals surface area contributed by atoms with Crippen molar-refractivity contribution in [1.29, 1.82) is 0 Å². The van der Waals surface area contributed by atoms with E-state index in [2.05, 4.69) is 40.2 Å². The van der Waals surface area contributed by atoms with Crippen molar-refractivity contribution in [2.24, 2.45) is 0 Å². The van der Waals surface area contributed by atoms with E-state index in [0.717, 1.165) is 17.9 Å². The average molecular weight is 634 g/mol. The number of β-lactam (4-membered cyclic amide) rings is 1. The Bertz CT molecular complexity index is 1510. The van der Waals surface area contributed by atoms with E-state index in [0.29, 0.717) is 36.4 Å². The molecule has 0 radical (unpaired) electrons. The number of thioether (sulfide) groups is 2. The lowest BCUT2D eigenvalue weighted by atomic mass is 10.0. The van der Waals surface area contributed by atoms with Gasteiger partial charge in [-0.05, 0) is 54.8 Å². The molecular weight excluding hydrogens is 599 g/mol. The van der Waals surface area contributed by atoms with Gasteiger partial charge in [-0.3, -0.25) is 19.3 Å². The maximum absolute atomic E-state index is 13.5. The number of rotatable bonds is 10. The molecule has 6 rings (SSSR count). The Morgan fingerprint density at radius 3 is 2.64 bits per heavy atom. The van der Waals surface area contributed by atoms with Gasteiger partial charge < -0.3 is 26.0 Å². The Morgan fingerprint density at radius 2 is 1.91 bits per heavy atom. The topological polar surface area (TPSA) is 131 Å². The van der Waals surface area contributed by atoms with E-state index in [1.54, 1.807) is 6.08 Å². The lowest BCUT2D eigenvalue weighted by molar-refractivity contribution is -0.150. The van der Waals surface area contributed by atoms with E-state index >= 15 is 0 Å². The normalized spacial score (nSPS) is 25.8. The summed E-state index contributed by atoms with van der Waals surface area (Å²) in [5.41, 5.74) is 3.32. The Hall–Kier alpha value is -3.58. The van der Waals surface area contributed by atoms with Crippen LogP contribution < -0.4 is 16.0 Å². The predicted octanol–water partition coefficient (Wildman–Crippen LogP) is 2.50.